The first-order chi connectivity index (χ1) is 20.7. The third-order valence-corrected chi connectivity index (χ3v) is 7.95. The molecule has 17 heteroatoms. The molecule has 0 aliphatic heterocycles. The minimum absolute atomic E-state index is 0.119. The Morgan fingerprint density at radius 3 is 2.18 bits per heavy atom. The Bertz CT molecular complexity index is 1670. The molecule has 0 aliphatic rings. The summed E-state index contributed by atoms with van der Waals surface area (Å²) in [5.41, 5.74) is -1.33. The van der Waals surface area contributed by atoms with Gasteiger partial charge >= 0.3 is 12.1 Å². The maximum absolute atomic E-state index is 13.5. The molecule has 0 spiro atoms. The number of ether oxygens (including phenoxy) is 1. The van der Waals surface area contributed by atoms with Gasteiger partial charge in [-0.05, 0) is 51.1 Å². The van der Waals surface area contributed by atoms with Gasteiger partial charge in [0.2, 0.25) is 5.28 Å². The topological polar surface area (TPSA) is 158 Å². The second kappa shape index (κ2) is 13.1. The van der Waals surface area contributed by atoms with E-state index in [1.54, 1.807) is 38.1 Å². The van der Waals surface area contributed by atoms with Crippen molar-refractivity contribution in [2.24, 2.45) is 11.2 Å². The summed E-state index contributed by atoms with van der Waals surface area (Å²) >= 11 is 0. The van der Waals surface area contributed by atoms with Crippen molar-refractivity contribution in [3.8, 4) is 16.9 Å². The van der Waals surface area contributed by atoms with Crippen LogP contribution in [0.4, 0.5) is 13.2 Å². The molecule has 1 heterocycles. The van der Waals surface area contributed by atoms with Gasteiger partial charge in [-0.3, -0.25) is 14.4 Å². The Labute approximate surface area is 257 Å². The molecule has 3 aromatic rings. The average Bonchev–Trinajstić information content (AvgIpc) is 3.42. The highest BCUT2D eigenvalue weighted by Gasteiger charge is 2.41. The quantitative estimate of drug-likeness (QED) is 0.101. The first kappa shape index (κ1) is 34.8. The predicted molar refractivity (Wildman–Crippen MR) is 153 cm³/mol. The molecule has 13 nitrogen and oxygen atoms in total. The molecule has 1 amide bonds. The molecule has 0 fully saturated rings. The number of amides is 1. The molecule has 2 aromatic carbocycles. The largest absolute Gasteiger partial charge is 0.569 e. The van der Waals surface area contributed by atoms with Crippen LogP contribution in [0, 0.1) is 18.0 Å². The summed E-state index contributed by atoms with van der Waals surface area (Å²) in [6.07, 6.45) is -5.95. The number of halogens is 3. The van der Waals surface area contributed by atoms with E-state index in [9.17, 15) is 36.4 Å². The molecule has 0 saturated carbocycles. The number of carbonyl (C=O) groups excluding carboxylic acids is 2. The van der Waals surface area contributed by atoms with E-state index in [1.807, 2.05) is 11.6 Å². The number of aromatic nitrogens is 2. The Morgan fingerprint density at radius 2 is 1.64 bits per heavy atom. The number of hydrazine groups is 1. The van der Waals surface area contributed by atoms with Crippen molar-refractivity contribution in [2.75, 3.05) is 7.05 Å². The Balaban J connectivity index is 1.80. The van der Waals surface area contributed by atoms with E-state index in [0.717, 1.165) is 40.5 Å². The third kappa shape index (κ3) is 8.29. The van der Waals surface area contributed by atoms with Crippen molar-refractivity contribution in [3.63, 3.8) is 0 Å². The number of alkyl halides is 3. The van der Waals surface area contributed by atoms with Crippen LogP contribution >= 0.6 is 0 Å². The highest BCUT2D eigenvalue weighted by Crippen LogP contribution is 2.33. The van der Waals surface area contributed by atoms with Crippen LogP contribution in [0.2, 0.25) is 0 Å². The van der Waals surface area contributed by atoms with E-state index in [1.165, 1.54) is 32.9 Å². The zero-order chi connectivity index (χ0) is 33.9. The third-order valence-electron chi connectivity index (χ3n) is 6.61. The van der Waals surface area contributed by atoms with Crippen molar-refractivity contribution < 1.29 is 45.7 Å². The minimum Gasteiger partial charge on any atom is -0.569 e. The van der Waals surface area contributed by atoms with E-state index in [2.05, 4.69) is 10.4 Å². The van der Waals surface area contributed by atoms with Crippen molar-refractivity contribution in [2.45, 2.75) is 64.4 Å². The van der Waals surface area contributed by atoms with Crippen LogP contribution in [0.5, 0.6) is 0 Å². The number of hydrogen-bond donors (Lipinski definition) is 1. The Morgan fingerprint density at radius 1 is 1.07 bits per heavy atom. The summed E-state index contributed by atoms with van der Waals surface area (Å²) in [4.78, 5) is 29.0. The molecule has 1 N–H and O–H groups in total. The SMILES string of the molecule is Cc1ccc(-c2cc(C(F)(F)F)nn2-c2ccc(S(=O)(=O)NC(=O)C(C)(C)N(C)[N+]([O-])=NOC(C)OC(=O)C(C)C)cc2)cc1. The molecule has 3 rings (SSSR count). The lowest BCUT2D eigenvalue weighted by molar-refractivity contribution is -0.718. The number of nitrogens with zero attached hydrogens (tertiary/aromatic N) is 5. The Kier molecular flexibility index (Phi) is 10.2. The predicted octanol–water partition coefficient (Wildman–Crippen LogP) is 4.74. The highest BCUT2D eigenvalue weighted by atomic mass is 32.2. The fraction of sp³-hybridized carbons (Fsp3) is 0.393. The molecule has 0 saturated heterocycles. The van der Waals surface area contributed by atoms with Gasteiger partial charge in [-0.25, -0.2) is 17.8 Å². The lowest BCUT2D eigenvalue weighted by Crippen LogP contribution is -2.56. The van der Waals surface area contributed by atoms with Crippen LogP contribution in [0.1, 0.15) is 45.9 Å². The molecule has 0 aliphatic carbocycles. The van der Waals surface area contributed by atoms with Gasteiger partial charge in [0, 0.05) is 12.5 Å². The van der Waals surface area contributed by atoms with Crippen molar-refractivity contribution in [1.29, 1.82) is 0 Å². The van der Waals surface area contributed by atoms with Gasteiger partial charge < -0.3 is 9.94 Å². The van der Waals surface area contributed by atoms with Crippen LogP contribution in [0.3, 0.4) is 0 Å². The minimum atomic E-state index is -4.73. The number of esters is 1. The molecule has 1 atom stereocenters. The maximum Gasteiger partial charge on any atom is 0.435 e. The zero-order valence-electron chi connectivity index (χ0n) is 25.5. The van der Waals surface area contributed by atoms with Gasteiger partial charge in [-0.1, -0.05) is 43.7 Å². The van der Waals surface area contributed by atoms with Gasteiger partial charge in [-0.15, -0.1) is 5.01 Å². The van der Waals surface area contributed by atoms with Crippen LogP contribution in [0.15, 0.2) is 64.8 Å². The molecular formula is C28H33F3N6O7S. The standard InChI is InChI=1S/C28H33F3N6O7S/c1-17(2)25(38)43-19(4)44-34-37(40)35(7)27(5,6)26(39)33-45(41,42)22-14-12-21(13-15-22)36-23(16-24(32-36)28(29,30)31)20-10-8-18(3)9-11-20/h8-17,19H,1-7H3,(H,33,39). The summed E-state index contributed by atoms with van der Waals surface area (Å²) in [5, 5.41) is 20.1. The fourth-order valence-electron chi connectivity index (χ4n) is 3.56. The summed E-state index contributed by atoms with van der Waals surface area (Å²) in [6, 6.07) is 12.3. The first-order valence-electron chi connectivity index (χ1n) is 13.4. The van der Waals surface area contributed by atoms with E-state index < -0.39 is 51.5 Å². The van der Waals surface area contributed by atoms with Crippen LogP contribution < -0.4 is 4.72 Å². The summed E-state index contributed by atoms with van der Waals surface area (Å²) in [7, 11) is -3.36. The number of hydrogen-bond acceptors (Lipinski definition) is 9. The molecule has 244 valence electrons. The second-order valence-corrected chi connectivity index (χ2v) is 12.5. The van der Waals surface area contributed by atoms with Crippen molar-refractivity contribution in [3.05, 3.63) is 71.1 Å². The summed E-state index contributed by atoms with van der Waals surface area (Å²) in [5.74, 6) is -2.16. The van der Waals surface area contributed by atoms with Gasteiger partial charge in [0.25, 0.3) is 22.2 Å². The number of likely N-dealkylation sites (N-methyl/N-ethyl adjacent to an activating group) is 1. The zero-order valence-corrected chi connectivity index (χ0v) is 26.3. The highest BCUT2D eigenvalue weighted by molar-refractivity contribution is 7.90. The lowest BCUT2D eigenvalue weighted by Gasteiger charge is -2.29. The second-order valence-electron chi connectivity index (χ2n) is 10.8. The monoisotopic (exact) mass is 654 g/mol. The summed E-state index contributed by atoms with van der Waals surface area (Å²) in [6.45, 7) is 8.82. The van der Waals surface area contributed by atoms with Crippen molar-refractivity contribution in [1.82, 2.24) is 19.5 Å². The molecule has 0 bridgehead atoms. The van der Waals surface area contributed by atoms with E-state index in [-0.39, 0.29) is 21.2 Å². The smallest absolute Gasteiger partial charge is 0.435 e. The molecule has 1 aromatic heterocycles. The number of rotatable bonds is 11. The molecule has 45 heavy (non-hydrogen) atoms. The first-order valence-corrected chi connectivity index (χ1v) is 14.9. The van der Waals surface area contributed by atoms with Crippen LogP contribution in [-0.4, -0.2) is 58.9 Å². The summed E-state index contributed by atoms with van der Waals surface area (Å²) < 4.78 is 74.5. The Hall–Kier alpha value is -4.67. The number of benzene rings is 2. The molecular weight excluding hydrogens is 621 g/mol. The van der Waals surface area contributed by atoms with E-state index in [4.69, 9.17) is 9.57 Å². The normalized spacial score (nSPS) is 13.4. The fourth-order valence-corrected chi connectivity index (χ4v) is 4.67. The van der Waals surface area contributed by atoms with Crippen LogP contribution in [0.25, 0.3) is 16.9 Å². The molecule has 1 unspecified atom stereocenters. The van der Waals surface area contributed by atoms with E-state index in [0.29, 0.717) is 5.56 Å². The van der Waals surface area contributed by atoms with Crippen LogP contribution in [-0.2, 0) is 35.4 Å². The van der Waals surface area contributed by atoms with Crippen molar-refractivity contribution >= 4 is 21.9 Å². The maximum atomic E-state index is 13.5. The number of nitrogens with one attached hydrogen (secondary N) is 1. The average molecular weight is 655 g/mol. The molecule has 0 radical (unpaired) electrons. The number of carbonyl (C=O) groups is 2. The number of aryl methyl sites for hydroxylation is 1. The van der Waals surface area contributed by atoms with Gasteiger partial charge in [-0.2, -0.15) is 18.3 Å². The van der Waals surface area contributed by atoms with Gasteiger partial charge in [0.15, 0.2) is 11.2 Å². The number of sulfonamides is 1. The van der Waals surface area contributed by atoms with Gasteiger partial charge in [0.05, 0.1) is 34.2 Å². The lowest BCUT2D eigenvalue weighted by atomic mass is 10.1. The van der Waals surface area contributed by atoms with E-state index >= 15 is 0 Å². The van der Waals surface area contributed by atoms with Gasteiger partial charge in [0.1, 0.15) is 0 Å².